The van der Waals surface area contributed by atoms with Crippen LogP contribution in [0, 0.1) is 17.2 Å². The Morgan fingerprint density at radius 1 is 1.24 bits per heavy atom. The van der Waals surface area contributed by atoms with Gasteiger partial charge in [0.1, 0.15) is 11.8 Å². The Hall–Kier alpha value is -4.09. The number of benzene rings is 2. The number of hydrogen-bond donors (Lipinski definition) is 2. The third kappa shape index (κ3) is 6.80. The second-order valence-electron chi connectivity index (χ2n) is 11.0. The van der Waals surface area contributed by atoms with Gasteiger partial charge in [0, 0.05) is 31.8 Å². The molecular weight excluding hydrogens is 510 g/mol. The highest BCUT2D eigenvalue weighted by Gasteiger charge is 2.22. The molecule has 1 heterocycles. The number of rotatable bonds is 10. The van der Waals surface area contributed by atoms with Crippen LogP contribution in [0.4, 0.5) is 23.0 Å². The van der Waals surface area contributed by atoms with Gasteiger partial charge in [0.25, 0.3) is 0 Å². The molecule has 1 aliphatic carbocycles. The lowest BCUT2D eigenvalue weighted by Crippen LogP contribution is -2.29. The molecule has 0 saturated heterocycles. The Morgan fingerprint density at radius 3 is 2.73 bits per heavy atom. The van der Waals surface area contributed by atoms with Crippen molar-refractivity contribution in [3.63, 3.8) is 0 Å². The van der Waals surface area contributed by atoms with Crippen LogP contribution in [0.25, 0.3) is 5.57 Å². The quantitative estimate of drug-likeness (QED) is 0.231. The lowest BCUT2D eigenvalue weighted by Gasteiger charge is -2.24. The first-order valence-electron chi connectivity index (χ1n) is 14.4. The summed E-state index contributed by atoms with van der Waals surface area (Å²) in [4.78, 5) is 13.6. The normalized spacial score (nSPS) is 15.2. The van der Waals surface area contributed by atoms with Crippen molar-refractivity contribution in [3.05, 3.63) is 70.6 Å². The number of nitrogens with two attached hydrogens (primary N) is 1. The van der Waals surface area contributed by atoms with E-state index in [9.17, 15) is 5.26 Å². The standard InChI is InChI=1S/C33H43N7O/c1-7-22-11-9-12-23-13-10-14-26(27(23)17-22)25(8-2)32-24(20-34)21-36-33(38-32)37-29-18-28(35)30(19-31(29)41-6)40(5)16-15-39(3)4/h8,10,13-14,18-19,21-22H,7,9,11-12,15-17,35H2,1-6H3,(H,36,37,38). The van der Waals surface area contributed by atoms with Gasteiger partial charge in [-0.25, -0.2) is 9.97 Å². The minimum atomic E-state index is 0.373. The van der Waals surface area contributed by atoms with Crippen molar-refractivity contribution < 1.29 is 4.74 Å². The van der Waals surface area contributed by atoms with Crippen LogP contribution in [0.15, 0.2) is 42.6 Å². The summed E-state index contributed by atoms with van der Waals surface area (Å²) in [5.74, 6) is 1.67. The number of ether oxygens (including phenoxy) is 1. The predicted molar refractivity (Wildman–Crippen MR) is 169 cm³/mol. The number of nitrogens with one attached hydrogen (secondary N) is 1. The molecule has 1 aromatic heterocycles. The van der Waals surface area contributed by atoms with Crippen molar-refractivity contribution >= 4 is 28.6 Å². The number of methoxy groups -OCH3 is 1. The first kappa shape index (κ1) is 29.9. The minimum absolute atomic E-state index is 0.373. The molecule has 4 rings (SSSR count). The molecule has 0 amide bonds. The molecule has 3 aromatic rings. The Labute approximate surface area is 244 Å². The number of aryl methyl sites for hydroxylation is 1. The van der Waals surface area contributed by atoms with Gasteiger partial charge >= 0.3 is 0 Å². The van der Waals surface area contributed by atoms with Gasteiger partial charge in [0.15, 0.2) is 0 Å². The van der Waals surface area contributed by atoms with E-state index in [2.05, 4.69) is 57.4 Å². The van der Waals surface area contributed by atoms with Gasteiger partial charge in [0.2, 0.25) is 5.95 Å². The van der Waals surface area contributed by atoms with Gasteiger partial charge in [-0.3, -0.25) is 0 Å². The smallest absolute Gasteiger partial charge is 0.227 e. The van der Waals surface area contributed by atoms with Crippen LogP contribution in [0.2, 0.25) is 0 Å². The third-order valence-corrected chi connectivity index (χ3v) is 8.03. The maximum absolute atomic E-state index is 10.0. The van der Waals surface area contributed by atoms with Crippen LogP contribution in [0.1, 0.15) is 61.1 Å². The molecule has 2 aromatic carbocycles. The van der Waals surface area contributed by atoms with E-state index in [4.69, 9.17) is 15.5 Å². The minimum Gasteiger partial charge on any atom is -0.494 e. The van der Waals surface area contributed by atoms with Crippen LogP contribution in [0.3, 0.4) is 0 Å². The van der Waals surface area contributed by atoms with E-state index < -0.39 is 0 Å². The Morgan fingerprint density at radius 2 is 2.05 bits per heavy atom. The molecule has 0 bridgehead atoms. The molecule has 1 atom stereocenters. The number of nitriles is 1. The average Bonchev–Trinajstić information content (AvgIpc) is 3.19. The highest BCUT2D eigenvalue weighted by atomic mass is 16.5. The molecule has 3 N–H and O–H groups in total. The van der Waals surface area contributed by atoms with E-state index in [1.807, 2.05) is 40.2 Å². The fourth-order valence-electron chi connectivity index (χ4n) is 5.61. The highest BCUT2D eigenvalue weighted by molar-refractivity contribution is 5.84. The Kier molecular flexibility index (Phi) is 9.85. The fourth-order valence-corrected chi connectivity index (χ4v) is 5.61. The van der Waals surface area contributed by atoms with Crippen LogP contribution in [-0.2, 0) is 12.8 Å². The number of nitrogen functional groups attached to an aromatic ring is 1. The van der Waals surface area contributed by atoms with E-state index in [0.29, 0.717) is 40.2 Å². The van der Waals surface area contributed by atoms with Gasteiger partial charge in [-0.05, 0) is 75.4 Å². The van der Waals surface area contributed by atoms with Crippen molar-refractivity contribution in [2.45, 2.75) is 46.0 Å². The SMILES string of the molecule is CC=C(c1cccc2c1CC(CC)CCC2)c1nc(Nc2cc(N)c(N(C)CCN(C)C)cc2OC)ncc1C#N. The molecule has 8 nitrogen and oxygen atoms in total. The number of anilines is 4. The Bertz CT molecular complexity index is 1440. The van der Waals surface area contributed by atoms with Crippen molar-refractivity contribution in [3.8, 4) is 11.8 Å². The summed E-state index contributed by atoms with van der Waals surface area (Å²) in [7, 11) is 7.74. The number of aromatic nitrogens is 2. The van der Waals surface area contributed by atoms with Crippen LogP contribution in [0.5, 0.6) is 5.75 Å². The summed E-state index contributed by atoms with van der Waals surface area (Å²) in [6.07, 6.45) is 9.40. The number of allylic oxidation sites excluding steroid dienone is 1. The second-order valence-corrected chi connectivity index (χ2v) is 11.0. The molecule has 0 spiro atoms. The van der Waals surface area contributed by atoms with Crippen LogP contribution in [-0.4, -0.2) is 56.2 Å². The lowest BCUT2D eigenvalue weighted by atomic mass is 9.87. The van der Waals surface area contributed by atoms with Crippen molar-refractivity contribution in [1.29, 1.82) is 5.26 Å². The van der Waals surface area contributed by atoms with Crippen molar-refractivity contribution in [1.82, 2.24) is 14.9 Å². The fraction of sp³-hybridized carbons (Fsp3) is 0.424. The monoisotopic (exact) mass is 553 g/mol. The molecule has 0 fully saturated rings. The highest BCUT2D eigenvalue weighted by Crippen LogP contribution is 2.38. The second kappa shape index (κ2) is 13.5. The molecular formula is C33H43N7O. The summed E-state index contributed by atoms with van der Waals surface area (Å²) in [6.45, 7) is 6.01. The van der Waals surface area contributed by atoms with E-state index in [0.717, 1.165) is 42.8 Å². The largest absolute Gasteiger partial charge is 0.494 e. The maximum atomic E-state index is 10.0. The molecule has 216 valence electrons. The summed E-state index contributed by atoms with van der Waals surface area (Å²) < 4.78 is 5.72. The molecule has 1 aliphatic rings. The zero-order valence-corrected chi connectivity index (χ0v) is 25.3. The summed E-state index contributed by atoms with van der Waals surface area (Å²) >= 11 is 0. The van der Waals surface area contributed by atoms with Gasteiger partial charge in [-0.2, -0.15) is 5.26 Å². The van der Waals surface area contributed by atoms with E-state index in [1.54, 1.807) is 13.3 Å². The maximum Gasteiger partial charge on any atom is 0.227 e. The molecule has 0 saturated carbocycles. The van der Waals surface area contributed by atoms with Crippen molar-refractivity contribution in [2.75, 3.05) is 57.3 Å². The average molecular weight is 554 g/mol. The molecule has 1 unspecified atom stereocenters. The summed E-state index contributed by atoms with van der Waals surface area (Å²) in [5, 5.41) is 13.3. The first-order chi connectivity index (χ1) is 19.8. The third-order valence-electron chi connectivity index (χ3n) is 8.03. The number of likely N-dealkylation sites (N-methyl/N-ethyl adjacent to an activating group) is 2. The summed E-state index contributed by atoms with van der Waals surface area (Å²) in [5.41, 5.74) is 14.6. The molecule has 0 radical (unpaired) electrons. The molecule has 8 heteroatoms. The van der Waals surface area contributed by atoms with E-state index >= 15 is 0 Å². The van der Waals surface area contributed by atoms with E-state index in [1.165, 1.54) is 30.4 Å². The number of fused-ring (bicyclic) bond motifs is 1. The summed E-state index contributed by atoms with van der Waals surface area (Å²) in [6, 6.07) is 12.6. The lowest BCUT2D eigenvalue weighted by molar-refractivity contribution is 0.413. The molecule has 0 aliphatic heterocycles. The van der Waals surface area contributed by atoms with Gasteiger partial charge in [-0.15, -0.1) is 0 Å². The molecule has 41 heavy (non-hydrogen) atoms. The van der Waals surface area contributed by atoms with Crippen LogP contribution >= 0.6 is 0 Å². The van der Waals surface area contributed by atoms with Crippen molar-refractivity contribution in [2.24, 2.45) is 5.92 Å². The zero-order chi connectivity index (χ0) is 29.5. The number of nitrogens with zero attached hydrogens (tertiary/aromatic N) is 5. The van der Waals surface area contributed by atoms with Gasteiger partial charge < -0.3 is 25.6 Å². The first-order valence-corrected chi connectivity index (χ1v) is 14.4. The van der Waals surface area contributed by atoms with E-state index in [-0.39, 0.29) is 0 Å². The topological polar surface area (TPSA) is 103 Å². The Balaban J connectivity index is 1.71. The zero-order valence-electron chi connectivity index (χ0n) is 25.3. The van der Waals surface area contributed by atoms with Crippen LogP contribution < -0.4 is 20.7 Å². The van der Waals surface area contributed by atoms with Gasteiger partial charge in [0.05, 0.1) is 41.6 Å². The number of hydrogen-bond acceptors (Lipinski definition) is 8. The predicted octanol–water partition coefficient (Wildman–Crippen LogP) is 6.04. The van der Waals surface area contributed by atoms with Gasteiger partial charge in [-0.1, -0.05) is 37.6 Å².